The third-order valence-corrected chi connectivity index (χ3v) is 4.78. The second kappa shape index (κ2) is 10.1. The van der Waals surface area contributed by atoms with Crippen LogP contribution in [0.15, 0.2) is 30.3 Å². The van der Waals surface area contributed by atoms with Crippen molar-refractivity contribution in [1.82, 2.24) is 10.2 Å². The first-order valence-corrected chi connectivity index (χ1v) is 9.44. The van der Waals surface area contributed by atoms with Gasteiger partial charge in [-0.15, -0.1) is 0 Å². The average Bonchev–Trinajstić information content (AvgIpc) is 3.15. The fourth-order valence-electron chi connectivity index (χ4n) is 3.38. The Labute approximate surface area is 159 Å². The number of hydrogen-bond donors (Lipinski definition) is 2. The van der Waals surface area contributed by atoms with E-state index >= 15 is 0 Å². The van der Waals surface area contributed by atoms with Gasteiger partial charge in [0.15, 0.2) is 0 Å². The molecule has 2 N–H and O–H groups in total. The molecule has 1 amide bonds. The lowest BCUT2D eigenvalue weighted by atomic mass is 10.0. The molecule has 1 aliphatic heterocycles. The number of aliphatic carboxylic acids is 1. The molecular weight excluding hydrogens is 348 g/mol. The molecule has 0 aliphatic carbocycles. The van der Waals surface area contributed by atoms with Crippen molar-refractivity contribution < 1.29 is 24.2 Å². The van der Waals surface area contributed by atoms with Crippen LogP contribution in [0.5, 0.6) is 0 Å². The van der Waals surface area contributed by atoms with Gasteiger partial charge in [0.2, 0.25) is 5.91 Å². The lowest BCUT2D eigenvalue weighted by molar-refractivity contribution is -0.150. The summed E-state index contributed by atoms with van der Waals surface area (Å²) < 4.78 is 5.14. The van der Waals surface area contributed by atoms with Gasteiger partial charge in [-0.3, -0.25) is 14.9 Å². The van der Waals surface area contributed by atoms with Gasteiger partial charge in [0.05, 0.1) is 12.6 Å². The van der Waals surface area contributed by atoms with Crippen molar-refractivity contribution >= 4 is 17.8 Å². The Morgan fingerprint density at radius 2 is 2.00 bits per heavy atom. The first-order chi connectivity index (χ1) is 12.9. The summed E-state index contributed by atoms with van der Waals surface area (Å²) >= 11 is 0. The number of carbonyl (C=O) groups is 3. The fraction of sp³-hybridized carbons (Fsp3) is 0.550. The number of aryl methyl sites for hydroxylation is 1. The van der Waals surface area contributed by atoms with Crippen LogP contribution in [0.4, 0.5) is 0 Å². The zero-order chi connectivity index (χ0) is 19.8. The first-order valence-electron chi connectivity index (χ1n) is 9.44. The predicted molar refractivity (Wildman–Crippen MR) is 100 cm³/mol. The maximum atomic E-state index is 12.7. The molecule has 7 nitrogen and oxygen atoms in total. The second-order valence-corrected chi connectivity index (χ2v) is 6.75. The van der Waals surface area contributed by atoms with Gasteiger partial charge in [-0.2, -0.15) is 0 Å². The summed E-state index contributed by atoms with van der Waals surface area (Å²) in [4.78, 5) is 37.7. The van der Waals surface area contributed by atoms with Gasteiger partial charge in [-0.1, -0.05) is 30.3 Å². The lowest BCUT2D eigenvalue weighted by Crippen LogP contribution is -2.53. The van der Waals surface area contributed by atoms with Gasteiger partial charge in [-0.05, 0) is 45.1 Å². The van der Waals surface area contributed by atoms with Crippen molar-refractivity contribution in [3.63, 3.8) is 0 Å². The van der Waals surface area contributed by atoms with E-state index in [9.17, 15) is 19.5 Å². The summed E-state index contributed by atoms with van der Waals surface area (Å²) in [5.74, 6) is -1.68. The number of amides is 1. The van der Waals surface area contributed by atoms with Crippen LogP contribution in [0.3, 0.4) is 0 Å². The van der Waals surface area contributed by atoms with Crippen molar-refractivity contribution in [3.8, 4) is 0 Å². The second-order valence-electron chi connectivity index (χ2n) is 6.75. The highest BCUT2D eigenvalue weighted by molar-refractivity contribution is 5.88. The largest absolute Gasteiger partial charge is 0.480 e. The van der Waals surface area contributed by atoms with Crippen LogP contribution in [0.2, 0.25) is 0 Å². The van der Waals surface area contributed by atoms with Crippen LogP contribution in [-0.4, -0.2) is 59.1 Å². The molecule has 2 rings (SSSR count). The van der Waals surface area contributed by atoms with E-state index in [-0.39, 0.29) is 12.5 Å². The van der Waals surface area contributed by atoms with E-state index in [1.165, 1.54) is 4.90 Å². The van der Waals surface area contributed by atoms with Crippen molar-refractivity contribution in [3.05, 3.63) is 35.9 Å². The van der Waals surface area contributed by atoms with Crippen LogP contribution in [0, 0.1) is 0 Å². The molecule has 0 radical (unpaired) electrons. The molecule has 7 heteroatoms. The van der Waals surface area contributed by atoms with Gasteiger partial charge >= 0.3 is 11.9 Å². The minimum Gasteiger partial charge on any atom is -0.480 e. The van der Waals surface area contributed by atoms with Crippen LogP contribution >= 0.6 is 0 Å². The zero-order valence-corrected chi connectivity index (χ0v) is 15.9. The smallest absolute Gasteiger partial charge is 0.326 e. The molecule has 2 unspecified atom stereocenters. The topological polar surface area (TPSA) is 95.9 Å². The normalized spacial score (nSPS) is 18.7. The maximum absolute atomic E-state index is 12.7. The Balaban J connectivity index is 2.01. The molecule has 1 saturated heterocycles. The van der Waals surface area contributed by atoms with Gasteiger partial charge in [0, 0.05) is 6.54 Å². The minimum atomic E-state index is -0.987. The molecule has 0 aromatic heterocycles. The predicted octanol–water partition coefficient (Wildman–Crippen LogP) is 1.60. The summed E-state index contributed by atoms with van der Waals surface area (Å²) in [5.41, 5.74) is 1.10. The molecule has 1 heterocycles. The number of carbonyl (C=O) groups excluding carboxylic acids is 2. The van der Waals surface area contributed by atoms with Crippen molar-refractivity contribution in [2.75, 3.05) is 13.2 Å². The molecule has 1 aromatic rings. The SMILES string of the molecule is CCOC(=O)C(CCc1ccccc1)NC(C)C(=O)N1CCC[C@H]1C(=O)O. The van der Waals surface area contributed by atoms with Gasteiger partial charge in [0.25, 0.3) is 0 Å². The number of ether oxygens (including phenoxy) is 1. The first kappa shape index (κ1) is 20.9. The van der Waals surface area contributed by atoms with Crippen LogP contribution < -0.4 is 5.32 Å². The lowest BCUT2D eigenvalue weighted by Gasteiger charge is -2.27. The Hall–Kier alpha value is -2.41. The Morgan fingerprint density at radius 3 is 2.63 bits per heavy atom. The highest BCUT2D eigenvalue weighted by Gasteiger charge is 2.36. The summed E-state index contributed by atoms with van der Waals surface area (Å²) in [5, 5.41) is 12.3. The van der Waals surface area contributed by atoms with E-state index in [4.69, 9.17) is 4.74 Å². The Morgan fingerprint density at radius 1 is 1.30 bits per heavy atom. The fourth-order valence-corrected chi connectivity index (χ4v) is 3.38. The van der Waals surface area contributed by atoms with Gasteiger partial charge in [-0.25, -0.2) is 4.79 Å². The monoisotopic (exact) mass is 376 g/mol. The standard InChI is InChI=1S/C20H28N2O5/c1-3-27-20(26)16(12-11-15-8-5-4-6-9-15)21-14(2)18(23)22-13-7-10-17(22)19(24)25/h4-6,8-9,14,16-17,21H,3,7,10-13H2,1-2H3,(H,24,25)/t14?,16?,17-/m0/s1. The quantitative estimate of drug-likeness (QED) is 0.636. The molecule has 0 bridgehead atoms. The minimum absolute atomic E-state index is 0.262. The number of carboxylic acids is 1. The number of nitrogens with zero attached hydrogens (tertiary/aromatic N) is 1. The molecule has 0 saturated carbocycles. The molecule has 3 atom stereocenters. The van der Waals surface area contributed by atoms with Gasteiger partial charge < -0.3 is 14.7 Å². The van der Waals surface area contributed by atoms with Crippen molar-refractivity contribution in [2.45, 2.75) is 57.7 Å². The number of carboxylic acid groups (broad SMARTS) is 1. The number of nitrogens with one attached hydrogen (secondary N) is 1. The zero-order valence-electron chi connectivity index (χ0n) is 15.9. The molecule has 148 valence electrons. The van der Waals surface area contributed by atoms with Crippen molar-refractivity contribution in [2.24, 2.45) is 0 Å². The molecule has 1 fully saturated rings. The summed E-state index contributed by atoms with van der Waals surface area (Å²) in [6.07, 6.45) is 2.29. The van der Waals surface area contributed by atoms with E-state index < -0.39 is 30.1 Å². The van der Waals surface area contributed by atoms with Crippen molar-refractivity contribution in [1.29, 1.82) is 0 Å². The van der Waals surface area contributed by atoms with Crippen LogP contribution in [-0.2, 0) is 25.5 Å². The third kappa shape index (κ3) is 5.79. The molecule has 1 aliphatic rings. The van der Waals surface area contributed by atoms with E-state index in [0.717, 1.165) is 5.56 Å². The number of esters is 1. The maximum Gasteiger partial charge on any atom is 0.326 e. The van der Waals surface area contributed by atoms with Crippen LogP contribution in [0.25, 0.3) is 0 Å². The Bertz CT molecular complexity index is 649. The number of hydrogen-bond acceptors (Lipinski definition) is 5. The van der Waals surface area contributed by atoms with E-state index in [0.29, 0.717) is 32.2 Å². The van der Waals surface area contributed by atoms with Gasteiger partial charge in [0.1, 0.15) is 12.1 Å². The van der Waals surface area contributed by atoms with E-state index in [1.807, 2.05) is 30.3 Å². The summed E-state index contributed by atoms with van der Waals surface area (Å²) in [6.45, 7) is 4.09. The third-order valence-electron chi connectivity index (χ3n) is 4.78. The number of benzene rings is 1. The highest BCUT2D eigenvalue weighted by atomic mass is 16.5. The molecule has 27 heavy (non-hydrogen) atoms. The number of likely N-dealkylation sites (tertiary alicyclic amines) is 1. The average molecular weight is 376 g/mol. The molecule has 1 aromatic carbocycles. The molecular formula is C20H28N2O5. The number of rotatable bonds is 9. The highest BCUT2D eigenvalue weighted by Crippen LogP contribution is 2.19. The summed E-state index contributed by atoms with van der Waals surface area (Å²) in [7, 11) is 0. The molecule has 0 spiro atoms. The van der Waals surface area contributed by atoms with E-state index in [1.54, 1.807) is 13.8 Å². The van der Waals surface area contributed by atoms with Crippen LogP contribution in [0.1, 0.15) is 38.7 Å². The summed E-state index contributed by atoms with van der Waals surface area (Å²) in [6, 6.07) is 7.69. The van der Waals surface area contributed by atoms with E-state index in [2.05, 4.69) is 5.32 Å². The Kier molecular flexibility index (Phi) is 7.79.